The Bertz CT molecular complexity index is 1090. The summed E-state index contributed by atoms with van der Waals surface area (Å²) in [5.41, 5.74) is 6.28. The van der Waals surface area contributed by atoms with E-state index in [2.05, 4.69) is 26.3 Å². The average molecular weight is 384 g/mol. The molecule has 1 amide bonds. The highest BCUT2D eigenvalue weighted by molar-refractivity contribution is 7.99. The summed E-state index contributed by atoms with van der Waals surface area (Å²) in [4.78, 5) is 25.6. The molecule has 3 N–H and O–H groups in total. The number of benzene rings is 1. The van der Waals surface area contributed by atoms with E-state index in [1.54, 1.807) is 18.0 Å². The van der Waals surface area contributed by atoms with Crippen LogP contribution in [0.4, 0.5) is 5.13 Å². The maximum atomic E-state index is 11.4. The zero-order valence-electron chi connectivity index (χ0n) is 13.9. The second-order valence-corrected chi connectivity index (χ2v) is 7.77. The normalized spacial score (nSPS) is 12.5. The van der Waals surface area contributed by atoms with Crippen molar-refractivity contribution in [2.75, 3.05) is 5.32 Å². The van der Waals surface area contributed by atoms with Gasteiger partial charge in [-0.15, -0.1) is 0 Å². The summed E-state index contributed by atoms with van der Waals surface area (Å²) >= 11 is 3.13. The molecule has 4 rings (SSSR count). The molecule has 1 atom stereocenters. The van der Waals surface area contributed by atoms with Crippen LogP contribution in [0.25, 0.3) is 16.0 Å². The lowest BCUT2D eigenvalue weighted by atomic mass is 10.2. The largest absolute Gasteiger partial charge is 0.368 e. The van der Waals surface area contributed by atoms with Crippen molar-refractivity contribution in [3.63, 3.8) is 0 Å². The van der Waals surface area contributed by atoms with Gasteiger partial charge in [0.1, 0.15) is 11.1 Å². The molecule has 0 saturated heterocycles. The van der Waals surface area contributed by atoms with Gasteiger partial charge < -0.3 is 11.1 Å². The standard InChI is InChI=1S/C17H16N6OS2/c1-2-11(15(18)24)21-17-22-12-5-4-10(8-13(12)26-17)25-14-9-20-16-19-6-3-7-23(14)16/h3-9,11H,2H2,1H3,(H2,18,24)(H,21,22). The minimum Gasteiger partial charge on any atom is -0.368 e. The Morgan fingerprint density at radius 1 is 1.42 bits per heavy atom. The first kappa shape index (κ1) is 16.8. The summed E-state index contributed by atoms with van der Waals surface area (Å²) in [6.45, 7) is 1.91. The first-order chi connectivity index (χ1) is 12.6. The maximum Gasteiger partial charge on any atom is 0.239 e. The molecule has 26 heavy (non-hydrogen) atoms. The summed E-state index contributed by atoms with van der Waals surface area (Å²) in [6.07, 6.45) is 6.11. The van der Waals surface area contributed by atoms with E-state index in [9.17, 15) is 4.79 Å². The Morgan fingerprint density at radius 3 is 3.12 bits per heavy atom. The molecule has 3 heterocycles. The van der Waals surface area contributed by atoms with Gasteiger partial charge in [-0.1, -0.05) is 30.0 Å². The van der Waals surface area contributed by atoms with E-state index in [1.807, 2.05) is 41.9 Å². The van der Waals surface area contributed by atoms with Gasteiger partial charge in [0.15, 0.2) is 5.13 Å². The molecule has 0 aliphatic heterocycles. The fourth-order valence-corrected chi connectivity index (χ4v) is 4.49. The van der Waals surface area contributed by atoms with Crippen molar-refractivity contribution in [2.24, 2.45) is 5.73 Å². The lowest BCUT2D eigenvalue weighted by molar-refractivity contribution is -0.118. The first-order valence-corrected chi connectivity index (χ1v) is 9.69. The van der Waals surface area contributed by atoms with Crippen molar-refractivity contribution < 1.29 is 4.79 Å². The Morgan fingerprint density at radius 2 is 2.31 bits per heavy atom. The van der Waals surface area contributed by atoms with Gasteiger partial charge in [0.25, 0.3) is 0 Å². The van der Waals surface area contributed by atoms with E-state index in [0.29, 0.717) is 17.3 Å². The number of primary amides is 1. The molecule has 4 aromatic rings. The molecule has 0 radical (unpaired) electrons. The third kappa shape index (κ3) is 3.23. The number of nitrogens with one attached hydrogen (secondary N) is 1. The minimum atomic E-state index is -0.407. The Kier molecular flexibility index (Phi) is 4.48. The lowest BCUT2D eigenvalue weighted by Gasteiger charge is -2.11. The first-order valence-electron chi connectivity index (χ1n) is 8.06. The molecule has 132 valence electrons. The molecule has 1 aromatic carbocycles. The van der Waals surface area contributed by atoms with Gasteiger partial charge in [-0.25, -0.2) is 15.0 Å². The van der Waals surface area contributed by atoms with Crippen molar-refractivity contribution in [1.82, 2.24) is 19.4 Å². The van der Waals surface area contributed by atoms with Crippen LogP contribution in [0.1, 0.15) is 13.3 Å². The van der Waals surface area contributed by atoms with Crippen molar-refractivity contribution in [3.8, 4) is 0 Å². The monoisotopic (exact) mass is 384 g/mol. The molecule has 0 aliphatic carbocycles. The Balaban J connectivity index is 1.60. The van der Waals surface area contributed by atoms with Crippen LogP contribution in [-0.4, -0.2) is 31.3 Å². The quantitative estimate of drug-likeness (QED) is 0.530. The molecular weight excluding hydrogens is 368 g/mol. The minimum absolute atomic E-state index is 0.371. The number of nitrogens with two attached hydrogens (primary N) is 1. The van der Waals surface area contributed by atoms with Crippen LogP contribution in [0, 0.1) is 0 Å². The molecule has 0 saturated carbocycles. The number of rotatable bonds is 6. The highest BCUT2D eigenvalue weighted by Gasteiger charge is 2.15. The Hall–Kier alpha value is -2.65. The van der Waals surface area contributed by atoms with Crippen LogP contribution >= 0.6 is 23.1 Å². The number of nitrogens with zero attached hydrogens (tertiary/aromatic N) is 4. The zero-order chi connectivity index (χ0) is 18.1. The van der Waals surface area contributed by atoms with Crippen molar-refractivity contribution in [3.05, 3.63) is 42.9 Å². The van der Waals surface area contributed by atoms with Gasteiger partial charge in [0.05, 0.1) is 16.4 Å². The molecule has 0 bridgehead atoms. The van der Waals surface area contributed by atoms with E-state index < -0.39 is 6.04 Å². The average Bonchev–Trinajstić information content (AvgIpc) is 3.23. The number of carbonyl (C=O) groups excluding carboxylic acids is 1. The maximum absolute atomic E-state index is 11.4. The van der Waals surface area contributed by atoms with Gasteiger partial charge in [-0.05, 0) is 30.7 Å². The summed E-state index contributed by atoms with van der Waals surface area (Å²) in [7, 11) is 0. The van der Waals surface area contributed by atoms with Gasteiger partial charge >= 0.3 is 0 Å². The second-order valence-electron chi connectivity index (χ2n) is 5.64. The molecule has 0 spiro atoms. The number of anilines is 1. The molecule has 7 nitrogen and oxygen atoms in total. The number of imidazole rings is 1. The smallest absolute Gasteiger partial charge is 0.239 e. The topological polar surface area (TPSA) is 98.2 Å². The van der Waals surface area contributed by atoms with Crippen LogP contribution in [0.15, 0.2) is 52.8 Å². The summed E-state index contributed by atoms with van der Waals surface area (Å²) in [6, 6.07) is 7.56. The van der Waals surface area contributed by atoms with Crippen LogP contribution in [0.2, 0.25) is 0 Å². The van der Waals surface area contributed by atoms with E-state index in [1.165, 1.54) is 11.3 Å². The van der Waals surface area contributed by atoms with Gasteiger partial charge in [0.2, 0.25) is 11.7 Å². The van der Waals surface area contributed by atoms with Crippen LogP contribution in [0.5, 0.6) is 0 Å². The zero-order valence-corrected chi connectivity index (χ0v) is 15.5. The third-order valence-electron chi connectivity index (χ3n) is 3.89. The highest BCUT2D eigenvalue weighted by Crippen LogP contribution is 2.33. The number of hydrogen-bond donors (Lipinski definition) is 2. The molecule has 0 fully saturated rings. The summed E-state index contributed by atoms with van der Waals surface area (Å²) < 4.78 is 3.00. The van der Waals surface area contributed by atoms with Crippen LogP contribution < -0.4 is 11.1 Å². The van der Waals surface area contributed by atoms with Crippen molar-refractivity contribution in [2.45, 2.75) is 29.3 Å². The molecular formula is C17H16N6OS2. The number of aromatic nitrogens is 4. The van der Waals surface area contributed by atoms with E-state index in [0.717, 1.165) is 20.1 Å². The highest BCUT2D eigenvalue weighted by atomic mass is 32.2. The van der Waals surface area contributed by atoms with Crippen LogP contribution in [-0.2, 0) is 4.79 Å². The molecule has 9 heteroatoms. The fraction of sp³-hybridized carbons (Fsp3) is 0.176. The number of hydrogen-bond acceptors (Lipinski definition) is 7. The number of carbonyl (C=O) groups is 1. The SMILES string of the molecule is CCC(Nc1nc2ccc(Sc3cnc4ncccn34)cc2s1)C(N)=O. The van der Waals surface area contributed by atoms with E-state index >= 15 is 0 Å². The van der Waals surface area contributed by atoms with Crippen LogP contribution in [0.3, 0.4) is 0 Å². The van der Waals surface area contributed by atoms with Gasteiger partial charge in [-0.3, -0.25) is 9.20 Å². The van der Waals surface area contributed by atoms with Crippen molar-refractivity contribution >= 4 is 50.1 Å². The summed E-state index contributed by atoms with van der Waals surface area (Å²) in [5.74, 6) is 0.307. The van der Waals surface area contributed by atoms with Gasteiger partial charge in [-0.2, -0.15) is 0 Å². The third-order valence-corrected chi connectivity index (χ3v) is 5.84. The second kappa shape index (κ2) is 6.93. The molecule has 1 unspecified atom stereocenters. The van der Waals surface area contributed by atoms with E-state index in [-0.39, 0.29) is 5.91 Å². The van der Waals surface area contributed by atoms with Gasteiger partial charge in [0, 0.05) is 17.3 Å². The molecule has 0 aliphatic rings. The lowest BCUT2D eigenvalue weighted by Crippen LogP contribution is -2.34. The van der Waals surface area contributed by atoms with Crippen molar-refractivity contribution in [1.29, 1.82) is 0 Å². The number of thiazole rings is 1. The summed E-state index contributed by atoms with van der Waals surface area (Å²) in [5, 5.41) is 4.81. The predicted molar refractivity (Wildman–Crippen MR) is 104 cm³/mol. The Labute approximate surface area is 157 Å². The van der Waals surface area contributed by atoms with E-state index in [4.69, 9.17) is 5.73 Å². The number of amides is 1. The molecule has 3 aromatic heterocycles. The predicted octanol–water partition coefficient (Wildman–Crippen LogP) is 3.17. The number of fused-ring (bicyclic) bond motifs is 2. The fourth-order valence-electron chi connectivity index (χ4n) is 2.56.